The zero-order valence-electron chi connectivity index (χ0n) is 10.8. The number of amides is 2. The molecule has 1 heterocycles. The normalized spacial score (nSPS) is 10.7. The zero-order valence-corrected chi connectivity index (χ0v) is 11.6. The fraction of sp³-hybridized carbons (Fsp3) is 0.545. The molecule has 1 aromatic heterocycles. The molecular formula is C11H18N4O2S. The molecule has 2 N–H and O–H groups in total. The number of carbonyl (C=O) groups is 2. The second kappa shape index (κ2) is 7.07. The zero-order chi connectivity index (χ0) is 13.5. The summed E-state index contributed by atoms with van der Waals surface area (Å²) in [6, 6.07) is 0.107. The third-order valence-corrected chi connectivity index (χ3v) is 2.64. The van der Waals surface area contributed by atoms with Gasteiger partial charge in [0.05, 0.1) is 13.1 Å². The molecule has 0 aliphatic carbocycles. The van der Waals surface area contributed by atoms with Crippen molar-refractivity contribution in [3.63, 3.8) is 0 Å². The number of rotatable bonds is 6. The molecule has 0 unspecified atom stereocenters. The van der Waals surface area contributed by atoms with Gasteiger partial charge in [-0.3, -0.25) is 14.5 Å². The smallest absolute Gasteiger partial charge is 0.240 e. The number of nitrogens with zero attached hydrogens (tertiary/aromatic N) is 2. The maximum atomic E-state index is 11.6. The fourth-order valence-corrected chi connectivity index (χ4v) is 1.90. The molecule has 0 saturated heterocycles. The van der Waals surface area contributed by atoms with Gasteiger partial charge in [0.2, 0.25) is 11.8 Å². The van der Waals surface area contributed by atoms with Crippen LogP contribution in [0.25, 0.3) is 0 Å². The Bertz CT molecular complexity index is 392. The Morgan fingerprint density at radius 2 is 2.06 bits per heavy atom. The van der Waals surface area contributed by atoms with Crippen LogP contribution in [0.5, 0.6) is 0 Å². The SMILES string of the molecule is CC(C)NC(=O)CN(C)CC(=O)Nc1nccs1. The number of anilines is 1. The van der Waals surface area contributed by atoms with Gasteiger partial charge in [-0.25, -0.2) is 4.98 Å². The highest BCUT2D eigenvalue weighted by Crippen LogP contribution is 2.09. The Morgan fingerprint density at radius 3 is 2.61 bits per heavy atom. The number of hydrogen-bond donors (Lipinski definition) is 2. The molecule has 0 atom stereocenters. The molecule has 100 valence electrons. The van der Waals surface area contributed by atoms with Crippen LogP contribution in [-0.4, -0.2) is 47.9 Å². The van der Waals surface area contributed by atoms with Crippen LogP contribution in [0.3, 0.4) is 0 Å². The highest BCUT2D eigenvalue weighted by Gasteiger charge is 2.11. The minimum absolute atomic E-state index is 0.0884. The van der Waals surface area contributed by atoms with Crippen molar-refractivity contribution in [1.82, 2.24) is 15.2 Å². The van der Waals surface area contributed by atoms with Gasteiger partial charge in [0.25, 0.3) is 0 Å². The Kier molecular flexibility index (Phi) is 5.73. The molecule has 0 aliphatic rings. The van der Waals surface area contributed by atoms with Crippen LogP contribution in [-0.2, 0) is 9.59 Å². The first-order valence-electron chi connectivity index (χ1n) is 5.64. The molecule has 0 aliphatic heterocycles. The number of carbonyl (C=O) groups excluding carboxylic acids is 2. The van der Waals surface area contributed by atoms with E-state index in [9.17, 15) is 9.59 Å². The van der Waals surface area contributed by atoms with Crippen molar-refractivity contribution in [2.45, 2.75) is 19.9 Å². The minimum Gasteiger partial charge on any atom is -0.353 e. The van der Waals surface area contributed by atoms with Gasteiger partial charge in [-0.05, 0) is 20.9 Å². The first kappa shape index (κ1) is 14.6. The van der Waals surface area contributed by atoms with Gasteiger partial charge in [-0.2, -0.15) is 0 Å². The standard InChI is InChI=1S/C11H18N4O2S/c1-8(2)13-9(16)6-15(3)7-10(17)14-11-12-4-5-18-11/h4-5,8H,6-7H2,1-3H3,(H,13,16)(H,12,14,17). The Balaban J connectivity index is 2.29. The molecule has 0 fully saturated rings. The van der Waals surface area contributed by atoms with Gasteiger partial charge < -0.3 is 10.6 Å². The van der Waals surface area contributed by atoms with Crippen LogP contribution in [0, 0.1) is 0 Å². The topological polar surface area (TPSA) is 74.3 Å². The minimum atomic E-state index is -0.176. The lowest BCUT2D eigenvalue weighted by molar-refractivity contribution is -0.123. The third kappa shape index (κ3) is 5.74. The lowest BCUT2D eigenvalue weighted by Gasteiger charge is -2.16. The number of hydrogen-bond acceptors (Lipinski definition) is 5. The van der Waals surface area contributed by atoms with Crippen molar-refractivity contribution in [1.29, 1.82) is 0 Å². The summed E-state index contributed by atoms with van der Waals surface area (Å²) in [5.41, 5.74) is 0. The van der Waals surface area contributed by atoms with Crippen molar-refractivity contribution in [3.05, 3.63) is 11.6 Å². The molecule has 2 amide bonds. The van der Waals surface area contributed by atoms with E-state index < -0.39 is 0 Å². The van der Waals surface area contributed by atoms with Crippen LogP contribution in [0.2, 0.25) is 0 Å². The third-order valence-electron chi connectivity index (χ3n) is 1.96. The van der Waals surface area contributed by atoms with E-state index in [0.29, 0.717) is 5.13 Å². The molecule has 1 rings (SSSR count). The van der Waals surface area contributed by atoms with Crippen LogP contribution < -0.4 is 10.6 Å². The summed E-state index contributed by atoms with van der Waals surface area (Å²) in [6.07, 6.45) is 1.63. The van der Waals surface area contributed by atoms with Gasteiger partial charge in [0.1, 0.15) is 0 Å². The van der Waals surface area contributed by atoms with Crippen molar-refractivity contribution in [2.24, 2.45) is 0 Å². The molecule has 0 bridgehead atoms. The molecule has 1 aromatic rings. The van der Waals surface area contributed by atoms with E-state index in [2.05, 4.69) is 15.6 Å². The summed E-state index contributed by atoms with van der Waals surface area (Å²) in [5.74, 6) is -0.264. The first-order valence-corrected chi connectivity index (χ1v) is 6.52. The molecule has 7 heteroatoms. The van der Waals surface area contributed by atoms with Gasteiger partial charge in [0.15, 0.2) is 5.13 Å². The van der Waals surface area contributed by atoms with Gasteiger partial charge in [-0.1, -0.05) is 0 Å². The summed E-state index contributed by atoms with van der Waals surface area (Å²) < 4.78 is 0. The predicted octanol–water partition coefficient (Wildman–Crippen LogP) is 0.538. The molecule has 6 nitrogen and oxygen atoms in total. The molecule has 0 saturated carbocycles. The quantitative estimate of drug-likeness (QED) is 0.791. The molecular weight excluding hydrogens is 252 g/mol. The Labute approximate surface area is 110 Å². The highest BCUT2D eigenvalue weighted by molar-refractivity contribution is 7.13. The van der Waals surface area contributed by atoms with Gasteiger partial charge >= 0.3 is 0 Å². The first-order chi connectivity index (χ1) is 8.47. The highest BCUT2D eigenvalue weighted by atomic mass is 32.1. The average molecular weight is 270 g/mol. The fourth-order valence-electron chi connectivity index (χ4n) is 1.36. The van der Waals surface area contributed by atoms with Crippen molar-refractivity contribution in [3.8, 4) is 0 Å². The van der Waals surface area contributed by atoms with Crippen molar-refractivity contribution in [2.75, 3.05) is 25.5 Å². The summed E-state index contributed by atoms with van der Waals surface area (Å²) in [6.45, 7) is 4.15. The van der Waals surface area contributed by atoms with Crippen molar-refractivity contribution < 1.29 is 9.59 Å². The monoisotopic (exact) mass is 270 g/mol. The average Bonchev–Trinajstić information content (AvgIpc) is 2.67. The van der Waals surface area contributed by atoms with E-state index in [-0.39, 0.29) is 30.9 Å². The Hall–Kier alpha value is -1.47. The number of aromatic nitrogens is 1. The van der Waals surface area contributed by atoms with Gasteiger partial charge in [0, 0.05) is 17.6 Å². The van der Waals surface area contributed by atoms with E-state index in [4.69, 9.17) is 0 Å². The molecule has 0 spiro atoms. The van der Waals surface area contributed by atoms with Gasteiger partial charge in [-0.15, -0.1) is 11.3 Å². The van der Waals surface area contributed by atoms with Crippen LogP contribution in [0.15, 0.2) is 11.6 Å². The summed E-state index contributed by atoms with van der Waals surface area (Å²) >= 11 is 1.36. The number of nitrogens with one attached hydrogen (secondary N) is 2. The lowest BCUT2D eigenvalue weighted by Crippen LogP contribution is -2.41. The maximum Gasteiger partial charge on any atom is 0.240 e. The van der Waals surface area contributed by atoms with Crippen LogP contribution >= 0.6 is 11.3 Å². The predicted molar refractivity (Wildman–Crippen MR) is 71.5 cm³/mol. The lowest BCUT2D eigenvalue weighted by atomic mass is 10.4. The molecule has 18 heavy (non-hydrogen) atoms. The number of thiazole rings is 1. The molecule has 0 radical (unpaired) electrons. The van der Waals surface area contributed by atoms with Crippen LogP contribution in [0.1, 0.15) is 13.8 Å². The van der Waals surface area contributed by atoms with E-state index in [1.165, 1.54) is 11.3 Å². The van der Waals surface area contributed by atoms with E-state index in [0.717, 1.165) is 0 Å². The second-order valence-electron chi connectivity index (χ2n) is 4.28. The van der Waals surface area contributed by atoms with Crippen LogP contribution in [0.4, 0.5) is 5.13 Å². The summed E-state index contributed by atoms with van der Waals surface area (Å²) in [5, 5.41) is 7.79. The maximum absolute atomic E-state index is 11.6. The summed E-state index contributed by atoms with van der Waals surface area (Å²) in [7, 11) is 1.72. The Morgan fingerprint density at radius 1 is 1.39 bits per heavy atom. The molecule has 0 aromatic carbocycles. The second-order valence-corrected chi connectivity index (χ2v) is 5.17. The van der Waals surface area contributed by atoms with E-state index >= 15 is 0 Å². The summed E-state index contributed by atoms with van der Waals surface area (Å²) in [4.78, 5) is 28.7. The largest absolute Gasteiger partial charge is 0.353 e. The van der Waals surface area contributed by atoms with E-state index in [1.54, 1.807) is 23.5 Å². The van der Waals surface area contributed by atoms with E-state index in [1.807, 2.05) is 13.8 Å². The number of likely N-dealkylation sites (N-methyl/N-ethyl adjacent to an activating group) is 1. The van der Waals surface area contributed by atoms with Crippen molar-refractivity contribution >= 4 is 28.3 Å².